The van der Waals surface area contributed by atoms with E-state index in [1.807, 2.05) is 0 Å². The van der Waals surface area contributed by atoms with Crippen LogP contribution in [-0.4, -0.2) is 36.2 Å². The van der Waals surface area contributed by atoms with Crippen molar-refractivity contribution in [1.29, 1.82) is 0 Å². The van der Waals surface area contributed by atoms with Crippen LogP contribution in [0.4, 0.5) is 0 Å². The summed E-state index contributed by atoms with van der Waals surface area (Å²) >= 11 is 7.58. The molecule has 1 aromatic heterocycles. The highest BCUT2D eigenvalue weighted by Gasteiger charge is 2.41. The zero-order valence-corrected chi connectivity index (χ0v) is 13.0. The number of rotatable bonds is 3. The fourth-order valence-electron chi connectivity index (χ4n) is 3.24. The highest BCUT2D eigenvalue weighted by Crippen LogP contribution is 2.42. The average molecular weight is 301 g/mol. The molecular weight excluding hydrogens is 280 g/mol. The summed E-state index contributed by atoms with van der Waals surface area (Å²) in [5, 5.41) is 3.29. The van der Waals surface area contributed by atoms with Crippen molar-refractivity contribution in [3.8, 4) is 0 Å². The van der Waals surface area contributed by atoms with Crippen molar-refractivity contribution in [2.75, 3.05) is 26.3 Å². The maximum atomic E-state index is 5.84. The number of alkyl halides is 1. The first kappa shape index (κ1) is 13.8. The van der Waals surface area contributed by atoms with Crippen LogP contribution in [0.1, 0.15) is 42.9 Å². The number of likely N-dealkylation sites (tertiary alicyclic amines) is 1. The van der Waals surface area contributed by atoms with E-state index in [-0.39, 0.29) is 0 Å². The van der Waals surface area contributed by atoms with Crippen LogP contribution in [-0.2, 0) is 10.6 Å². The van der Waals surface area contributed by atoms with Gasteiger partial charge in [-0.15, -0.1) is 22.9 Å². The van der Waals surface area contributed by atoms with E-state index in [0.29, 0.717) is 17.3 Å². The number of ether oxygens (including phenoxy) is 1. The van der Waals surface area contributed by atoms with Crippen molar-refractivity contribution in [2.24, 2.45) is 5.41 Å². The van der Waals surface area contributed by atoms with Gasteiger partial charge in [0.25, 0.3) is 0 Å². The molecule has 0 aliphatic carbocycles. The molecule has 0 amide bonds. The van der Waals surface area contributed by atoms with Gasteiger partial charge in [0.2, 0.25) is 0 Å². The lowest BCUT2D eigenvalue weighted by atomic mass is 9.80. The zero-order chi connectivity index (χ0) is 13.3. The summed E-state index contributed by atoms with van der Waals surface area (Å²) in [5.74, 6) is 0.518. The molecule has 3 nitrogen and oxygen atoms in total. The Morgan fingerprint density at radius 1 is 1.47 bits per heavy atom. The quantitative estimate of drug-likeness (QED) is 0.800. The Bertz CT molecular complexity index is 431. The maximum absolute atomic E-state index is 5.84. The molecule has 1 spiro atoms. The van der Waals surface area contributed by atoms with E-state index in [1.54, 1.807) is 11.3 Å². The topological polar surface area (TPSA) is 25.4 Å². The summed E-state index contributed by atoms with van der Waals surface area (Å²) in [4.78, 5) is 7.21. The summed E-state index contributed by atoms with van der Waals surface area (Å²) in [6.45, 7) is 6.55. The molecule has 2 aliphatic heterocycles. The first-order valence-electron chi connectivity index (χ1n) is 7.04. The molecule has 1 unspecified atom stereocenters. The maximum Gasteiger partial charge on any atom is 0.110 e. The molecule has 5 heteroatoms. The minimum Gasteiger partial charge on any atom is -0.381 e. The van der Waals surface area contributed by atoms with E-state index in [0.717, 1.165) is 18.9 Å². The Morgan fingerprint density at radius 2 is 2.26 bits per heavy atom. The molecule has 3 rings (SSSR count). The fraction of sp³-hybridized carbons (Fsp3) is 0.786. The molecule has 0 radical (unpaired) electrons. The van der Waals surface area contributed by atoms with Crippen LogP contribution in [0.15, 0.2) is 5.38 Å². The Morgan fingerprint density at radius 3 is 2.95 bits per heavy atom. The first-order chi connectivity index (χ1) is 9.22. The summed E-state index contributed by atoms with van der Waals surface area (Å²) in [6.07, 6.45) is 3.76. The summed E-state index contributed by atoms with van der Waals surface area (Å²) in [7, 11) is 0. The molecule has 1 atom stereocenters. The molecule has 0 bridgehead atoms. The predicted octanol–water partition coefficient (Wildman–Crippen LogP) is 3.45. The lowest BCUT2D eigenvalue weighted by Gasteiger charge is -2.34. The second kappa shape index (κ2) is 5.68. The lowest BCUT2D eigenvalue weighted by molar-refractivity contribution is 0.0175. The second-order valence-corrected chi connectivity index (χ2v) is 6.98. The molecule has 3 heterocycles. The smallest absolute Gasteiger partial charge is 0.110 e. The van der Waals surface area contributed by atoms with Crippen molar-refractivity contribution in [3.05, 3.63) is 16.1 Å². The SMILES string of the molecule is CC(c1nc(CCl)cs1)N1CCC2(CCOCC2)C1. The summed E-state index contributed by atoms with van der Waals surface area (Å²) in [5.41, 5.74) is 1.52. The van der Waals surface area contributed by atoms with E-state index in [2.05, 4.69) is 22.2 Å². The van der Waals surface area contributed by atoms with Crippen LogP contribution in [0, 0.1) is 5.41 Å². The van der Waals surface area contributed by atoms with Gasteiger partial charge in [-0.25, -0.2) is 4.98 Å². The Hall–Kier alpha value is -0.160. The standard InChI is InChI=1S/C14H21ClN2OS/c1-11(13-16-12(8-15)9-19-13)17-5-2-14(10-17)3-6-18-7-4-14/h9,11H,2-8,10H2,1H3. The van der Waals surface area contributed by atoms with Gasteiger partial charge in [-0.2, -0.15) is 0 Å². The van der Waals surface area contributed by atoms with Crippen molar-refractivity contribution in [1.82, 2.24) is 9.88 Å². The van der Waals surface area contributed by atoms with E-state index < -0.39 is 0 Å². The third-order valence-corrected chi connectivity index (χ3v) is 5.97. The third-order valence-electron chi connectivity index (χ3n) is 4.63. The van der Waals surface area contributed by atoms with Gasteiger partial charge in [-0.3, -0.25) is 4.90 Å². The van der Waals surface area contributed by atoms with Crippen LogP contribution < -0.4 is 0 Å². The van der Waals surface area contributed by atoms with Gasteiger partial charge in [-0.05, 0) is 38.1 Å². The number of hydrogen-bond donors (Lipinski definition) is 0. The van der Waals surface area contributed by atoms with Gasteiger partial charge >= 0.3 is 0 Å². The molecule has 1 aromatic rings. The number of hydrogen-bond acceptors (Lipinski definition) is 4. The van der Waals surface area contributed by atoms with Gasteiger partial charge in [0.05, 0.1) is 17.6 Å². The Labute approximate surface area is 123 Å². The van der Waals surface area contributed by atoms with Crippen LogP contribution in [0.3, 0.4) is 0 Å². The largest absolute Gasteiger partial charge is 0.381 e. The number of halogens is 1. The lowest BCUT2D eigenvalue weighted by Crippen LogP contribution is -2.33. The fourth-order valence-corrected chi connectivity index (χ4v) is 4.38. The summed E-state index contributed by atoms with van der Waals surface area (Å²) < 4.78 is 5.51. The molecular formula is C14H21ClN2OS. The van der Waals surface area contributed by atoms with Crippen LogP contribution >= 0.6 is 22.9 Å². The molecule has 0 N–H and O–H groups in total. The molecule has 106 valence electrons. The van der Waals surface area contributed by atoms with Gasteiger partial charge in [0.15, 0.2) is 0 Å². The third kappa shape index (κ3) is 2.82. The van der Waals surface area contributed by atoms with E-state index in [9.17, 15) is 0 Å². The number of nitrogens with zero attached hydrogens (tertiary/aromatic N) is 2. The van der Waals surface area contributed by atoms with Crippen LogP contribution in [0.25, 0.3) is 0 Å². The monoisotopic (exact) mass is 300 g/mol. The van der Waals surface area contributed by atoms with Crippen LogP contribution in [0.2, 0.25) is 0 Å². The minimum atomic E-state index is 0.421. The predicted molar refractivity (Wildman–Crippen MR) is 78.8 cm³/mol. The van der Waals surface area contributed by atoms with E-state index >= 15 is 0 Å². The van der Waals surface area contributed by atoms with Crippen molar-refractivity contribution >= 4 is 22.9 Å². The molecule has 0 aromatic carbocycles. The zero-order valence-electron chi connectivity index (χ0n) is 11.4. The first-order valence-corrected chi connectivity index (χ1v) is 8.46. The summed E-state index contributed by atoms with van der Waals surface area (Å²) in [6, 6.07) is 0.421. The molecule has 2 aliphatic rings. The second-order valence-electron chi connectivity index (χ2n) is 5.82. The number of thiazole rings is 1. The van der Waals surface area contributed by atoms with E-state index in [1.165, 1.54) is 37.4 Å². The minimum absolute atomic E-state index is 0.421. The molecule has 19 heavy (non-hydrogen) atoms. The van der Waals surface area contributed by atoms with Gasteiger partial charge in [-0.1, -0.05) is 0 Å². The normalized spacial score (nSPS) is 24.9. The van der Waals surface area contributed by atoms with Gasteiger partial charge in [0, 0.05) is 25.1 Å². The van der Waals surface area contributed by atoms with Gasteiger partial charge in [0.1, 0.15) is 5.01 Å². The Balaban J connectivity index is 1.66. The molecule has 0 saturated carbocycles. The number of aromatic nitrogens is 1. The average Bonchev–Trinajstić information content (AvgIpc) is 3.06. The van der Waals surface area contributed by atoms with Crippen molar-refractivity contribution < 1.29 is 4.74 Å². The van der Waals surface area contributed by atoms with E-state index in [4.69, 9.17) is 16.3 Å². The highest BCUT2D eigenvalue weighted by molar-refractivity contribution is 7.09. The van der Waals surface area contributed by atoms with Gasteiger partial charge < -0.3 is 4.74 Å². The highest BCUT2D eigenvalue weighted by atomic mass is 35.5. The molecule has 2 fully saturated rings. The van der Waals surface area contributed by atoms with Crippen molar-refractivity contribution in [2.45, 2.75) is 38.1 Å². The van der Waals surface area contributed by atoms with Crippen LogP contribution in [0.5, 0.6) is 0 Å². The Kier molecular flexibility index (Phi) is 4.13. The van der Waals surface area contributed by atoms with Crippen molar-refractivity contribution in [3.63, 3.8) is 0 Å². The molecule has 2 saturated heterocycles.